The van der Waals surface area contributed by atoms with Crippen LogP contribution in [0.1, 0.15) is 28.8 Å². The summed E-state index contributed by atoms with van der Waals surface area (Å²) in [6.07, 6.45) is -2.05. The molecule has 0 saturated carbocycles. The van der Waals surface area contributed by atoms with Crippen molar-refractivity contribution in [2.45, 2.75) is 37.6 Å². The smallest absolute Gasteiger partial charge is 0.487 e. The van der Waals surface area contributed by atoms with Gasteiger partial charge in [-0.05, 0) is 61.7 Å². The van der Waals surface area contributed by atoms with Crippen LogP contribution in [0.15, 0.2) is 36.4 Å². The molecule has 0 radical (unpaired) electrons. The van der Waals surface area contributed by atoms with Crippen LogP contribution in [0.5, 0.6) is 5.75 Å². The standard InChI is InChI=1S/C23H26Cl3N3O2.C2HF3O2/c24-19-3-2-16(12-20(19)25)23(30)28-17-7-10-29(14-17)9-6-15-1-4-22(21(26)11-15)31-18-5-8-27-13-18;3-2(4,5)1(6)7/h1-4,11-12,17-18,27H,5-10,13-14H2,(H,28,30);(H,6,7)/t17-,18-;/m0./s1. The zero-order valence-electron chi connectivity index (χ0n) is 20.2. The molecular formula is C25H27Cl3F3N3O4. The average molecular weight is 597 g/mol. The minimum absolute atomic E-state index is 0.120. The fourth-order valence-electron chi connectivity index (χ4n) is 4.05. The molecule has 2 saturated heterocycles. The normalized spacial score (nSPS) is 19.5. The lowest BCUT2D eigenvalue weighted by atomic mass is 10.1. The Kier molecular flexibility index (Phi) is 10.9. The van der Waals surface area contributed by atoms with Gasteiger partial charge in [0.25, 0.3) is 5.91 Å². The first kappa shape index (κ1) is 30.3. The van der Waals surface area contributed by atoms with Crippen LogP contribution in [-0.4, -0.2) is 72.9 Å². The predicted octanol–water partition coefficient (Wildman–Crippen LogP) is 5.07. The highest BCUT2D eigenvalue weighted by Crippen LogP contribution is 2.28. The Morgan fingerprint density at radius 1 is 1.08 bits per heavy atom. The Hall–Kier alpha value is -2.24. The van der Waals surface area contributed by atoms with Gasteiger partial charge in [0.1, 0.15) is 11.9 Å². The number of likely N-dealkylation sites (tertiary alicyclic amines) is 1. The van der Waals surface area contributed by atoms with Crippen LogP contribution >= 0.6 is 34.8 Å². The van der Waals surface area contributed by atoms with E-state index in [-0.39, 0.29) is 18.1 Å². The van der Waals surface area contributed by atoms with Gasteiger partial charge in [0.2, 0.25) is 0 Å². The SMILES string of the molecule is O=C(N[C@H]1CCN(CCc2ccc(O[C@H]3CCNC3)c(Cl)c2)C1)c1ccc(Cl)c(Cl)c1.O=C(O)C(F)(F)F. The number of ether oxygens (including phenoxy) is 1. The number of carbonyl (C=O) groups excluding carboxylic acids is 1. The van der Waals surface area contributed by atoms with Gasteiger partial charge < -0.3 is 25.4 Å². The van der Waals surface area contributed by atoms with Gasteiger partial charge in [-0.3, -0.25) is 4.79 Å². The lowest BCUT2D eigenvalue weighted by molar-refractivity contribution is -0.192. The zero-order chi connectivity index (χ0) is 27.9. The molecule has 2 heterocycles. The van der Waals surface area contributed by atoms with Gasteiger partial charge in [0, 0.05) is 37.8 Å². The van der Waals surface area contributed by atoms with Gasteiger partial charge in [-0.2, -0.15) is 13.2 Å². The second-order valence-electron chi connectivity index (χ2n) is 8.94. The molecule has 2 aromatic carbocycles. The molecule has 0 aliphatic carbocycles. The highest BCUT2D eigenvalue weighted by atomic mass is 35.5. The van der Waals surface area contributed by atoms with E-state index in [1.54, 1.807) is 18.2 Å². The van der Waals surface area contributed by atoms with Crippen LogP contribution in [-0.2, 0) is 11.2 Å². The molecule has 0 spiro atoms. The number of amides is 1. The van der Waals surface area contributed by atoms with Gasteiger partial charge in [-0.15, -0.1) is 0 Å². The van der Waals surface area contributed by atoms with Gasteiger partial charge in [-0.1, -0.05) is 40.9 Å². The van der Waals surface area contributed by atoms with Gasteiger partial charge in [0.15, 0.2) is 0 Å². The molecule has 2 aromatic rings. The number of carboxylic acids is 1. The average Bonchev–Trinajstić information content (AvgIpc) is 3.53. The molecule has 2 aliphatic rings. The molecule has 0 aromatic heterocycles. The summed E-state index contributed by atoms with van der Waals surface area (Å²) in [4.78, 5) is 23.7. The summed E-state index contributed by atoms with van der Waals surface area (Å²) in [5.74, 6) is -2.12. The third-order valence-corrected chi connectivity index (χ3v) is 7.09. The summed E-state index contributed by atoms with van der Waals surface area (Å²) in [6, 6.07) is 11.1. The van der Waals surface area contributed by atoms with E-state index in [1.807, 2.05) is 12.1 Å². The van der Waals surface area contributed by atoms with Gasteiger partial charge >= 0.3 is 12.1 Å². The van der Waals surface area contributed by atoms with E-state index < -0.39 is 12.1 Å². The molecule has 7 nitrogen and oxygen atoms in total. The molecule has 208 valence electrons. The molecule has 2 fully saturated rings. The third kappa shape index (κ3) is 9.20. The van der Waals surface area contributed by atoms with E-state index in [2.05, 4.69) is 21.6 Å². The van der Waals surface area contributed by atoms with Crippen molar-refractivity contribution in [3.8, 4) is 5.75 Å². The number of halogens is 6. The Labute approximate surface area is 233 Å². The highest BCUT2D eigenvalue weighted by molar-refractivity contribution is 6.42. The Morgan fingerprint density at radius 2 is 1.82 bits per heavy atom. The predicted molar refractivity (Wildman–Crippen MR) is 140 cm³/mol. The van der Waals surface area contributed by atoms with Gasteiger partial charge in [-0.25, -0.2) is 4.79 Å². The van der Waals surface area contributed by atoms with E-state index in [0.29, 0.717) is 20.6 Å². The van der Waals surface area contributed by atoms with Crippen LogP contribution in [0.4, 0.5) is 13.2 Å². The summed E-state index contributed by atoms with van der Waals surface area (Å²) in [5.41, 5.74) is 1.71. The third-order valence-electron chi connectivity index (χ3n) is 6.05. The van der Waals surface area contributed by atoms with Crippen molar-refractivity contribution in [2.24, 2.45) is 0 Å². The number of carboxylic acid groups (broad SMARTS) is 1. The molecule has 0 bridgehead atoms. The van der Waals surface area contributed by atoms with Crippen LogP contribution in [0, 0.1) is 0 Å². The largest absolute Gasteiger partial charge is 0.490 e. The van der Waals surface area contributed by atoms with Gasteiger partial charge in [0.05, 0.1) is 15.1 Å². The molecule has 3 N–H and O–H groups in total. The van der Waals surface area contributed by atoms with E-state index >= 15 is 0 Å². The monoisotopic (exact) mass is 595 g/mol. The minimum Gasteiger partial charge on any atom is -0.487 e. The molecule has 4 rings (SSSR count). The quantitative estimate of drug-likeness (QED) is 0.414. The molecule has 1 amide bonds. The second-order valence-corrected chi connectivity index (χ2v) is 10.2. The number of alkyl halides is 3. The van der Waals surface area contributed by atoms with Crippen molar-refractivity contribution in [1.29, 1.82) is 0 Å². The first-order valence-electron chi connectivity index (χ1n) is 11.9. The first-order chi connectivity index (χ1) is 17.9. The first-order valence-corrected chi connectivity index (χ1v) is 13.0. The topological polar surface area (TPSA) is 90.9 Å². The molecule has 2 atom stereocenters. The van der Waals surface area contributed by atoms with Crippen molar-refractivity contribution in [3.63, 3.8) is 0 Å². The molecule has 13 heteroatoms. The molecular weight excluding hydrogens is 570 g/mol. The summed E-state index contributed by atoms with van der Waals surface area (Å²) in [6.45, 7) is 4.57. The lowest BCUT2D eigenvalue weighted by Crippen LogP contribution is -2.37. The van der Waals surface area contributed by atoms with Crippen molar-refractivity contribution >= 4 is 46.7 Å². The Bertz CT molecular complexity index is 1130. The number of hydrogen-bond acceptors (Lipinski definition) is 5. The second kappa shape index (κ2) is 13.7. The minimum atomic E-state index is -5.08. The van der Waals surface area contributed by atoms with Crippen LogP contribution in [0.2, 0.25) is 15.1 Å². The number of aliphatic carboxylic acids is 1. The molecule has 38 heavy (non-hydrogen) atoms. The zero-order valence-corrected chi connectivity index (χ0v) is 22.4. The number of nitrogens with one attached hydrogen (secondary N) is 2. The maximum atomic E-state index is 12.5. The Balaban J connectivity index is 0.000000505. The fraction of sp³-hybridized carbons (Fsp3) is 0.440. The number of hydrogen-bond donors (Lipinski definition) is 3. The number of nitrogens with zero attached hydrogens (tertiary/aromatic N) is 1. The van der Waals surface area contributed by atoms with E-state index in [1.165, 1.54) is 5.56 Å². The van der Waals surface area contributed by atoms with Crippen LogP contribution in [0.3, 0.4) is 0 Å². The molecule has 0 unspecified atom stereocenters. The van der Waals surface area contributed by atoms with E-state index in [0.717, 1.165) is 57.7 Å². The summed E-state index contributed by atoms with van der Waals surface area (Å²) >= 11 is 18.4. The fourth-order valence-corrected chi connectivity index (χ4v) is 4.60. The summed E-state index contributed by atoms with van der Waals surface area (Å²) in [7, 11) is 0. The van der Waals surface area contributed by atoms with Crippen molar-refractivity contribution < 1.29 is 32.6 Å². The van der Waals surface area contributed by atoms with Crippen molar-refractivity contribution in [2.75, 3.05) is 32.7 Å². The highest BCUT2D eigenvalue weighted by Gasteiger charge is 2.38. The molecule has 2 aliphatic heterocycles. The summed E-state index contributed by atoms with van der Waals surface area (Å²) in [5, 5.41) is 15.0. The van der Waals surface area contributed by atoms with Crippen LogP contribution in [0.25, 0.3) is 0 Å². The van der Waals surface area contributed by atoms with Crippen LogP contribution < -0.4 is 15.4 Å². The maximum Gasteiger partial charge on any atom is 0.490 e. The van der Waals surface area contributed by atoms with Crippen molar-refractivity contribution in [3.05, 3.63) is 62.6 Å². The number of rotatable bonds is 7. The number of benzene rings is 2. The maximum absolute atomic E-state index is 12.5. The van der Waals surface area contributed by atoms with E-state index in [9.17, 15) is 18.0 Å². The lowest BCUT2D eigenvalue weighted by Gasteiger charge is -2.18. The van der Waals surface area contributed by atoms with E-state index in [4.69, 9.17) is 49.4 Å². The summed E-state index contributed by atoms with van der Waals surface area (Å²) < 4.78 is 37.7. The number of carbonyl (C=O) groups is 2. The Morgan fingerprint density at radius 3 is 2.42 bits per heavy atom. The van der Waals surface area contributed by atoms with Crippen molar-refractivity contribution in [1.82, 2.24) is 15.5 Å².